The van der Waals surface area contributed by atoms with Crippen LogP contribution < -0.4 is 4.74 Å². The molecule has 0 bridgehead atoms. The van der Waals surface area contributed by atoms with Crippen molar-refractivity contribution in [2.75, 3.05) is 33.8 Å². The summed E-state index contributed by atoms with van der Waals surface area (Å²) in [6, 6.07) is 1.67. The number of fused-ring (bicyclic) bond motifs is 1. The molecule has 1 amide bonds. The van der Waals surface area contributed by atoms with Crippen LogP contribution in [0.1, 0.15) is 49.0 Å². The fourth-order valence-electron chi connectivity index (χ4n) is 3.79. The number of likely N-dealkylation sites (N-methyl/N-ethyl adjacent to an activating group) is 1. The molecule has 1 aliphatic heterocycles. The summed E-state index contributed by atoms with van der Waals surface area (Å²) in [5, 5.41) is 9.68. The monoisotopic (exact) mass is 373 g/mol. The fraction of sp³-hybridized carbons (Fsp3) is 0.619. The molecule has 6 heteroatoms. The topological polar surface area (TPSA) is 65.9 Å². The number of pyridine rings is 1. The summed E-state index contributed by atoms with van der Waals surface area (Å²) in [7, 11) is 4.02. The molecule has 0 saturated carbocycles. The molecular formula is C21H31N3O3. The zero-order chi connectivity index (χ0) is 19.6. The summed E-state index contributed by atoms with van der Waals surface area (Å²) in [5.74, 6) is 0.406. The van der Waals surface area contributed by atoms with E-state index in [2.05, 4.69) is 22.9 Å². The van der Waals surface area contributed by atoms with Crippen LogP contribution in [0.2, 0.25) is 0 Å². The molecule has 1 N–H and O–H groups in total. The van der Waals surface area contributed by atoms with Crippen molar-refractivity contribution in [3.8, 4) is 5.88 Å². The molecule has 27 heavy (non-hydrogen) atoms. The Balaban J connectivity index is 2.02. The first kappa shape index (κ1) is 19.8. The number of hydrogen-bond donors (Lipinski definition) is 1. The second kappa shape index (κ2) is 8.40. The lowest BCUT2D eigenvalue weighted by Gasteiger charge is -2.37. The summed E-state index contributed by atoms with van der Waals surface area (Å²) in [4.78, 5) is 21.7. The number of aliphatic hydroxyl groups is 1. The van der Waals surface area contributed by atoms with Gasteiger partial charge >= 0.3 is 0 Å². The molecule has 0 saturated heterocycles. The Hall–Kier alpha value is -1.92. The van der Waals surface area contributed by atoms with Crippen molar-refractivity contribution in [2.45, 2.75) is 45.3 Å². The summed E-state index contributed by atoms with van der Waals surface area (Å²) < 4.78 is 6.23. The first-order valence-corrected chi connectivity index (χ1v) is 9.83. The van der Waals surface area contributed by atoms with Gasteiger partial charge in [0.25, 0.3) is 5.91 Å². The quantitative estimate of drug-likeness (QED) is 0.859. The first-order chi connectivity index (χ1) is 12.9. The van der Waals surface area contributed by atoms with E-state index >= 15 is 0 Å². The summed E-state index contributed by atoms with van der Waals surface area (Å²) in [5.41, 5.74) is 2.74. The molecular weight excluding hydrogens is 342 g/mol. The van der Waals surface area contributed by atoms with E-state index in [0.717, 1.165) is 31.4 Å². The Labute approximate surface area is 161 Å². The molecule has 0 radical (unpaired) electrons. The predicted octanol–water partition coefficient (Wildman–Crippen LogP) is 2.43. The average molecular weight is 373 g/mol. The number of nitrogens with zero attached hydrogens (tertiary/aromatic N) is 3. The number of aliphatic hydroxyl groups excluding tert-OH is 1. The summed E-state index contributed by atoms with van der Waals surface area (Å²) >= 11 is 0. The van der Waals surface area contributed by atoms with E-state index < -0.39 is 0 Å². The third-order valence-electron chi connectivity index (χ3n) is 5.48. The number of amides is 1. The van der Waals surface area contributed by atoms with Crippen LogP contribution in [0.5, 0.6) is 5.88 Å². The molecule has 1 aliphatic carbocycles. The van der Waals surface area contributed by atoms with Crippen LogP contribution in [0.25, 0.3) is 5.57 Å². The molecule has 0 unspecified atom stereocenters. The number of carbonyl (C=O) groups excluding carboxylic acids is 1. The SMILES string of the molecule is C[C@H](CO)N1C[C@H](C)[C@H](CN(C)C)Oc2ncc(C3=CCCC3)cc2C1=O. The molecule has 3 rings (SSSR count). The standard InChI is InChI=1S/C21H31N3O3/c1-14-11-24(15(2)13-25)21(26)18-9-17(16-7-5-6-8-16)10-22-20(18)27-19(14)12-23(3)4/h7,9-10,14-15,19,25H,5-6,8,11-13H2,1-4H3/t14-,15+,19-/m0/s1. The highest BCUT2D eigenvalue weighted by atomic mass is 16.5. The van der Waals surface area contributed by atoms with Gasteiger partial charge in [0.05, 0.1) is 12.6 Å². The molecule has 2 aliphatic rings. The lowest BCUT2D eigenvalue weighted by Crippen LogP contribution is -2.49. The maximum absolute atomic E-state index is 13.3. The van der Waals surface area contributed by atoms with E-state index in [1.165, 1.54) is 5.57 Å². The predicted molar refractivity (Wildman–Crippen MR) is 106 cm³/mol. The van der Waals surface area contributed by atoms with Crippen LogP contribution in [-0.2, 0) is 0 Å². The van der Waals surface area contributed by atoms with Crippen LogP contribution in [-0.4, -0.2) is 71.7 Å². The average Bonchev–Trinajstić information content (AvgIpc) is 3.18. The smallest absolute Gasteiger partial charge is 0.259 e. The van der Waals surface area contributed by atoms with E-state index in [-0.39, 0.29) is 30.6 Å². The molecule has 2 heterocycles. The van der Waals surface area contributed by atoms with Gasteiger partial charge in [0.15, 0.2) is 0 Å². The maximum Gasteiger partial charge on any atom is 0.259 e. The molecule has 3 atom stereocenters. The van der Waals surface area contributed by atoms with Crippen LogP contribution in [0.4, 0.5) is 0 Å². The highest BCUT2D eigenvalue weighted by Crippen LogP contribution is 2.32. The molecule has 0 aromatic carbocycles. The number of rotatable bonds is 5. The fourth-order valence-corrected chi connectivity index (χ4v) is 3.79. The zero-order valence-electron chi connectivity index (χ0n) is 16.8. The van der Waals surface area contributed by atoms with Crippen molar-refractivity contribution in [1.29, 1.82) is 0 Å². The lowest BCUT2D eigenvalue weighted by molar-refractivity contribution is 0.0348. The van der Waals surface area contributed by atoms with Crippen LogP contribution in [0, 0.1) is 5.92 Å². The second-order valence-corrected chi connectivity index (χ2v) is 8.08. The van der Waals surface area contributed by atoms with E-state index in [1.54, 1.807) is 4.90 Å². The van der Waals surface area contributed by atoms with Gasteiger partial charge in [-0.3, -0.25) is 4.79 Å². The van der Waals surface area contributed by atoms with Crippen LogP contribution >= 0.6 is 0 Å². The summed E-state index contributed by atoms with van der Waals surface area (Å²) in [6.07, 6.45) is 7.21. The maximum atomic E-state index is 13.3. The van der Waals surface area contributed by atoms with Crippen molar-refractivity contribution in [2.24, 2.45) is 5.92 Å². The van der Waals surface area contributed by atoms with Gasteiger partial charge in [-0.25, -0.2) is 4.98 Å². The number of aromatic nitrogens is 1. The van der Waals surface area contributed by atoms with Crippen molar-refractivity contribution in [3.05, 3.63) is 29.5 Å². The molecule has 1 aromatic heterocycles. The minimum Gasteiger partial charge on any atom is -0.472 e. The van der Waals surface area contributed by atoms with Gasteiger partial charge in [-0.15, -0.1) is 0 Å². The minimum atomic E-state index is -0.250. The summed E-state index contributed by atoms with van der Waals surface area (Å²) in [6.45, 7) is 5.19. The van der Waals surface area contributed by atoms with E-state index in [4.69, 9.17) is 4.74 Å². The van der Waals surface area contributed by atoms with E-state index in [0.29, 0.717) is 18.0 Å². The van der Waals surface area contributed by atoms with Gasteiger partial charge in [0.1, 0.15) is 11.7 Å². The van der Waals surface area contributed by atoms with Crippen molar-refractivity contribution < 1.29 is 14.6 Å². The Bertz CT molecular complexity index is 717. The van der Waals surface area contributed by atoms with Gasteiger partial charge < -0.3 is 19.6 Å². The minimum absolute atomic E-state index is 0.0642. The van der Waals surface area contributed by atoms with Crippen molar-refractivity contribution in [1.82, 2.24) is 14.8 Å². The lowest BCUT2D eigenvalue weighted by atomic mass is 9.99. The zero-order valence-corrected chi connectivity index (χ0v) is 16.8. The van der Waals surface area contributed by atoms with Crippen molar-refractivity contribution in [3.63, 3.8) is 0 Å². The molecule has 6 nitrogen and oxygen atoms in total. The van der Waals surface area contributed by atoms with Gasteiger partial charge in [-0.1, -0.05) is 13.0 Å². The molecule has 1 aromatic rings. The van der Waals surface area contributed by atoms with Gasteiger partial charge in [0, 0.05) is 25.2 Å². The van der Waals surface area contributed by atoms with E-state index in [1.807, 2.05) is 33.3 Å². The number of carbonyl (C=O) groups is 1. The number of ether oxygens (including phenoxy) is 1. The highest BCUT2D eigenvalue weighted by Gasteiger charge is 2.34. The van der Waals surface area contributed by atoms with Crippen molar-refractivity contribution >= 4 is 11.5 Å². The molecule has 0 fully saturated rings. The Kier molecular flexibility index (Phi) is 6.17. The molecule has 148 valence electrons. The Morgan fingerprint density at radius 3 is 2.85 bits per heavy atom. The van der Waals surface area contributed by atoms with Gasteiger partial charge in [0.2, 0.25) is 5.88 Å². The Morgan fingerprint density at radius 1 is 1.44 bits per heavy atom. The first-order valence-electron chi connectivity index (χ1n) is 9.83. The largest absolute Gasteiger partial charge is 0.472 e. The van der Waals surface area contributed by atoms with E-state index in [9.17, 15) is 9.90 Å². The third kappa shape index (κ3) is 4.33. The Morgan fingerprint density at radius 2 is 2.22 bits per heavy atom. The third-order valence-corrected chi connectivity index (χ3v) is 5.48. The number of allylic oxidation sites excluding steroid dienone is 2. The van der Waals surface area contributed by atoms with Crippen LogP contribution in [0.15, 0.2) is 18.3 Å². The molecule has 0 spiro atoms. The highest BCUT2D eigenvalue weighted by molar-refractivity contribution is 5.97. The van der Waals surface area contributed by atoms with Gasteiger partial charge in [-0.05, 0) is 57.5 Å². The number of hydrogen-bond acceptors (Lipinski definition) is 5. The van der Waals surface area contributed by atoms with Gasteiger partial charge in [-0.2, -0.15) is 0 Å². The normalized spacial score (nSPS) is 24.1. The van der Waals surface area contributed by atoms with Crippen LogP contribution in [0.3, 0.4) is 0 Å². The second-order valence-electron chi connectivity index (χ2n) is 8.08.